The summed E-state index contributed by atoms with van der Waals surface area (Å²) in [6, 6.07) is 57.2. The van der Waals surface area contributed by atoms with Gasteiger partial charge in [-0.2, -0.15) is 0 Å². The molecular weight excluding hydrogens is 597 g/mol. The van der Waals surface area contributed by atoms with Crippen molar-refractivity contribution in [1.82, 2.24) is 4.57 Å². The van der Waals surface area contributed by atoms with Gasteiger partial charge in [0.2, 0.25) is 0 Å². The summed E-state index contributed by atoms with van der Waals surface area (Å²) in [4.78, 5) is 4.93. The molecule has 0 radical (unpaired) electrons. The van der Waals surface area contributed by atoms with Crippen LogP contribution in [0.1, 0.15) is 29.4 Å². The number of benzene rings is 6. The molecule has 0 fully saturated rings. The molecule has 1 N–H and O–H groups in total. The number of fused-ring (bicyclic) bond motifs is 8. The highest BCUT2D eigenvalue weighted by atomic mass is 15.3. The second kappa shape index (κ2) is 11.2. The highest BCUT2D eigenvalue weighted by molar-refractivity contribution is 6.05. The van der Waals surface area contributed by atoms with E-state index < -0.39 is 0 Å². The second-order valence-corrected chi connectivity index (χ2v) is 12.9. The molecule has 1 aliphatic carbocycles. The van der Waals surface area contributed by atoms with Crippen LogP contribution in [0.15, 0.2) is 164 Å². The summed E-state index contributed by atoms with van der Waals surface area (Å²) in [5, 5.41) is 3.78. The van der Waals surface area contributed by atoms with Crippen LogP contribution in [0, 0.1) is 0 Å². The molecule has 3 heterocycles. The maximum atomic E-state index is 3.78. The first-order valence-electron chi connectivity index (χ1n) is 17.1. The van der Waals surface area contributed by atoms with Gasteiger partial charge in [0.15, 0.2) is 0 Å². The van der Waals surface area contributed by atoms with Crippen molar-refractivity contribution >= 4 is 40.2 Å². The normalized spacial score (nSPS) is 15.4. The Kier molecular flexibility index (Phi) is 6.34. The molecule has 7 aromatic rings. The van der Waals surface area contributed by atoms with Gasteiger partial charge in [-0.1, -0.05) is 115 Å². The lowest BCUT2D eigenvalue weighted by molar-refractivity contribution is 0.828. The molecule has 6 aromatic carbocycles. The minimum absolute atomic E-state index is 0.00141. The first-order valence-corrected chi connectivity index (χ1v) is 17.1. The lowest BCUT2D eigenvalue weighted by Gasteiger charge is -2.30. The molecule has 0 saturated heterocycles. The maximum absolute atomic E-state index is 3.78. The summed E-state index contributed by atoms with van der Waals surface area (Å²) in [6.07, 6.45) is 6.72. The number of allylic oxidation sites excluding steroid dienone is 1. The van der Waals surface area contributed by atoms with Crippen molar-refractivity contribution in [2.75, 3.05) is 15.1 Å². The van der Waals surface area contributed by atoms with Gasteiger partial charge in [0.25, 0.3) is 0 Å². The largest absolute Gasteiger partial charge is 0.359 e. The average molecular weight is 631 g/mol. The van der Waals surface area contributed by atoms with Crippen LogP contribution in [0.25, 0.3) is 34.1 Å². The van der Waals surface area contributed by atoms with Gasteiger partial charge in [-0.25, -0.2) is 0 Å². The highest BCUT2D eigenvalue weighted by Crippen LogP contribution is 2.55. The molecule has 3 aliphatic rings. The zero-order valence-corrected chi connectivity index (χ0v) is 27.0. The number of aromatic nitrogens is 1. The summed E-state index contributed by atoms with van der Waals surface area (Å²) in [5.41, 5.74) is 17.1. The lowest BCUT2D eigenvalue weighted by atomic mass is 9.97. The quantitative estimate of drug-likeness (QED) is 0.209. The summed E-state index contributed by atoms with van der Waals surface area (Å²) < 4.78 is 2.53. The minimum Gasteiger partial charge on any atom is -0.359 e. The maximum Gasteiger partial charge on any atom is 0.130 e. The predicted octanol–water partition coefficient (Wildman–Crippen LogP) is 11.8. The van der Waals surface area contributed by atoms with Gasteiger partial charge in [-0.3, -0.25) is 0 Å². The molecule has 10 rings (SSSR count). The summed E-state index contributed by atoms with van der Waals surface area (Å²) in [5.74, 6) is 0. The Hall–Kier alpha value is -6.26. The molecule has 1 unspecified atom stereocenters. The molecule has 4 nitrogen and oxygen atoms in total. The molecule has 0 bridgehead atoms. The molecule has 49 heavy (non-hydrogen) atoms. The second-order valence-electron chi connectivity index (χ2n) is 12.9. The van der Waals surface area contributed by atoms with Crippen LogP contribution in [0.5, 0.6) is 0 Å². The van der Waals surface area contributed by atoms with Gasteiger partial charge in [0, 0.05) is 39.4 Å². The first kappa shape index (κ1) is 27.8. The van der Waals surface area contributed by atoms with Crippen LogP contribution in [0.3, 0.4) is 0 Å². The molecule has 1 atom stereocenters. The van der Waals surface area contributed by atoms with E-state index in [1.807, 2.05) is 0 Å². The van der Waals surface area contributed by atoms with E-state index in [-0.39, 0.29) is 6.17 Å². The van der Waals surface area contributed by atoms with E-state index in [1.54, 1.807) is 0 Å². The Morgan fingerprint density at radius 1 is 0.531 bits per heavy atom. The zero-order chi connectivity index (χ0) is 32.3. The number of para-hydroxylation sites is 4. The van der Waals surface area contributed by atoms with Crippen LogP contribution in [0.4, 0.5) is 34.1 Å². The molecule has 234 valence electrons. The number of hydrogen-bond donors (Lipinski definition) is 1. The third-order valence-electron chi connectivity index (χ3n) is 10.2. The fourth-order valence-corrected chi connectivity index (χ4v) is 8.09. The molecule has 4 heteroatoms. The van der Waals surface area contributed by atoms with E-state index in [9.17, 15) is 0 Å². The third-order valence-corrected chi connectivity index (χ3v) is 10.2. The summed E-state index contributed by atoms with van der Waals surface area (Å²) in [7, 11) is 0. The van der Waals surface area contributed by atoms with E-state index in [0.717, 1.165) is 29.9 Å². The molecule has 1 aromatic heterocycles. The van der Waals surface area contributed by atoms with Crippen molar-refractivity contribution in [2.24, 2.45) is 0 Å². The topological polar surface area (TPSA) is 23.4 Å². The molecule has 0 saturated carbocycles. The smallest absolute Gasteiger partial charge is 0.130 e. The van der Waals surface area contributed by atoms with Gasteiger partial charge in [0.1, 0.15) is 6.17 Å². The molecular formula is C45H34N4. The zero-order valence-electron chi connectivity index (χ0n) is 27.0. The molecule has 2 aliphatic heterocycles. The fourth-order valence-electron chi connectivity index (χ4n) is 8.09. The van der Waals surface area contributed by atoms with Crippen LogP contribution in [-0.4, -0.2) is 4.57 Å². The van der Waals surface area contributed by atoms with Gasteiger partial charge in [0.05, 0.1) is 28.4 Å². The van der Waals surface area contributed by atoms with Gasteiger partial charge in [-0.15, -0.1) is 0 Å². The fraction of sp³-hybridized carbons (Fsp3) is 0.0667. The van der Waals surface area contributed by atoms with Crippen molar-refractivity contribution in [3.8, 4) is 28.1 Å². The van der Waals surface area contributed by atoms with Gasteiger partial charge in [-0.05, 0) is 78.6 Å². The number of nitrogens with zero attached hydrogens (tertiary/aromatic N) is 3. The minimum atomic E-state index is 0.00141. The number of hydrogen-bond acceptors (Lipinski definition) is 3. The van der Waals surface area contributed by atoms with Gasteiger partial charge >= 0.3 is 0 Å². The van der Waals surface area contributed by atoms with E-state index in [2.05, 4.69) is 190 Å². The number of rotatable bonds is 4. The van der Waals surface area contributed by atoms with Crippen molar-refractivity contribution in [1.29, 1.82) is 0 Å². The Balaban J connectivity index is 1.20. The number of nitrogens with one attached hydrogen (secondary N) is 1. The van der Waals surface area contributed by atoms with Gasteiger partial charge < -0.3 is 19.7 Å². The number of anilines is 6. The van der Waals surface area contributed by atoms with Crippen molar-refractivity contribution in [2.45, 2.75) is 19.0 Å². The van der Waals surface area contributed by atoms with E-state index in [0.29, 0.717) is 0 Å². The predicted molar refractivity (Wildman–Crippen MR) is 204 cm³/mol. The standard InChI is InChI=1S/C45H34N4/c1-3-15-31(16-4-1)45-46-39-23-11-14-26-42(39)49(45)34-29-27-33(28-30-34)48-40-24-12-9-20-36(40)35-19-7-8-21-37(35)43-44(48)38-22-10-13-25-41(38)47(43)32-17-5-2-6-18-32/h1-12,14-24,26-30,45-46H,13,25H2. The van der Waals surface area contributed by atoms with E-state index in [4.69, 9.17) is 0 Å². The average Bonchev–Trinajstić information content (AvgIpc) is 3.69. The van der Waals surface area contributed by atoms with Crippen LogP contribution in [-0.2, 0) is 6.42 Å². The summed E-state index contributed by atoms with van der Waals surface area (Å²) >= 11 is 0. The van der Waals surface area contributed by atoms with Crippen molar-refractivity contribution < 1.29 is 0 Å². The third kappa shape index (κ3) is 4.31. The lowest BCUT2D eigenvalue weighted by Crippen LogP contribution is -2.23. The Morgan fingerprint density at radius 3 is 1.96 bits per heavy atom. The van der Waals surface area contributed by atoms with Crippen LogP contribution in [0.2, 0.25) is 0 Å². The first-order chi connectivity index (χ1) is 24.3. The molecule has 0 amide bonds. The van der Waals surface area contributed by atoms with Crippen LogP contribution < -0.4 is 15.1 Å². The molecule has 0 spiro atoms. The SMILES string of the molecule is C1=Cc2c3c(n(-c4ccccc4)c2CC1)-c1ccccc1-c1ccccc1N3c1ccc(N2c3ccccc3NC2c2ccccc2)cc1. The van der Waals surface area contributed by atoms with E-state index in [1.165, 1.54) is 62.0 Å². The monoisotopic (exact) mass is 630 g/mol. The highest BCUT2D eigenvalue weighted by Gasteiger charge is 2.35. The van der Waals surface area contributed by atoms with Crippen molar-refractivity contribution in [3.63, 3.8) is 0 Å². The van der Waals surface area contributed by atoms with E-state index >= 15 is 0 Å². The van der Waals surface area contributed by atoms with Crippen molar-refractivity contribution in [3.05, 3.63) is 181 Å². The Labute approximate surface area is 286 Å². The Bertz CT molecular complexity index is 2370. The van der Waals surface area contributed by atoms with Crippen LogP contribution >= 0.6 is 0 Å². The summed E-state index contributed by atoms with van der Waals surface area (Å²) in [6.45, 7) is 0. The Morgan fingerprint density at radius 2 is 1.16 bits per heavy atom.